The first-order valence-electron chi connectivity index (χ1n) is 8.30. The number of allylic oxidation sites excluding steroid dienone is 2. The van der Waals surface area contributed by atoms with Crippen LogP contribution in [0, 0.1) is 34.0 Å². The highest BCUT2D eigenvalue weighted by Gasteiger charge is 2.14. The summed E-state index contributed by atoms with van der Waals surface area (Å²) in [5, 5.41) is 32.2. The largest absolute Gasteiger partial charge is 0.396 e. The summed E-state index contributed by atoms with van der Waals surface area (Å²) in [6, 6.07) is 24.5. The Morgan fingerprint density at radius 3 is 2.07 bits per heavy atom. The minimum atomic E-state index is -0.301. The lowest BCUT2D eigenvalue weighted by molar-refractivity contribution is 0.884. The van der Waals surface area contributed by atoms with Crippen LogP contribution in [0.1, 0.15) is 5.56 Å². The van der Waals surface area contributed by atoms with Crippen LogP contribution in [0.3, 0.4) is 0 Å². The Balaban J connectivity index is 2.21. The fraction of sp³-hybridized carbons (Fsp3) is 0. The van der Waals surface area contributed by atoms with E-state index in [1.54, 1.807) is 29.1 Å². The second kappa shape index (κ2) is 8.19. The van der Waals surface area contributed by atoms with Crippen LogP contribution < -0.4 is 5.73 Å². The molecule has 0 saturated carbocycles. The predicted molar refractivity (Wildman–Crippen MR) is 105 cm³/mol. The summed E-state index contributed by atoms with van der Waals surface area (Å²) in [4.78, 5) is 0. The molecule has 28 heavy (non-hydrogen) atoms. The summed E-state index contributed by atoms with van der Waals surface area (Å²) in [5.74, 6) is 0. The van der Waals surface area contributed by atoms with Crippen LogP contribution in [-0.4, -0.2) is 9.78 Å². The van der Waals surface area contributed by atoms with Gasteiger partial charge in [-0.25, -0.2) is 4.68 Å². The second-order valence-corrected chi connectivity index (χ2v) is 5.76. The molecule has 0 bridgehead atoms. The molecule has 0 aliphatic carbocycles. The van der Waals surface area contributed by atoms with Gasteiger partial charge in [-0.2, -0.15) is 20.9 Å². The zero-order chi connectivity index (χ0) is 19.9. The molecular weight excluding hydrogens is 348 g/mol. The molecular formula is C22H14N6. The molecule has 0 saturated heterocycles. The van der Waals surface area contributed by atoms with E-state index in [2.05, 4.69) is 5.10 Å². The Morgan fingerprint density at radius 2 is 1.50 bits per heavy atom. The number of para-hydroxylation sites is 1. The minimum absolute atomic E-state index is 0.0305. The molecule has 0 amide bonds. The molecule has 6 heteroatoms. The van der Waals surface area contributed by atoms with E-state index in [4.69, 9.17) is 16.3 Å². The van der Waals surface area contributed by atoms with Crippen molar-refractivity contribution in [3.8, 4) is 35.2 Å². The summed E-state index contributed by atoms with van der Waals surface area (Å²) >= 11 is 0. The number of aromatic nitrogens is 2. The van der Waals surface area contributed by atoms with Gasteiger partial charge in [-0.05, 0) is 18.2 Å². The lowest BCUT2D eigenvalue weighted by atomic mass is 10.0. The minimum Gasteiger partial charge on any atom is -0.396 e. The number of nitriles is 3. The van der Waals surface area contributed by atoms with Crippen molar-refractivity contribution in [3.63, 3.8) is 0 Å². The van der Waals surface area contributed by atoms with Crippen molar-refractivity contribution in [1.29, 1.82) is 15.8 Å². The van der Waals surface area contributed by atoms with E-state index >= 15 is 0 Å². The van der Waals surface area contributed by atoms with Gasteiger partial charge in [-0.15, -0.1) is 0 Å². The Bertz CT molecular complexity index is 1160. The van der Waals surface area contributed by atoms with Crippen molar-refractivity contribution >= 4 is 6.08 Å². The van der Waals surface area contributed by atoms with Crippen LogP contribution in [0.4, 0.5) is 0 Å². The predicted octanol–water partition coefficient (Wildman–Crippen LogP) is 3.71. The third kappa shape index (κ3) is 3.65. The van der Waals surface area contributed by atoms with Crippen molar-refractivity contribution < 1.29 is 0 Å². The van der Waals surface area contributed by atoms with Gasteiger partial charge in [0, 0.05) is 17.3 Å². The first-order chi connectivity index (χ1) is 13.7. The maximum absolute atomic E-state index is 9.50. The normalized spacial score (nSPS) is 10.4. The van der Waals surface area contributed by atoms with Crippen LogP contribution in [-0.2, 0) is 0 Å². The van der Waals surface area contributed by atoms with E-state index in [1.165, 1.54) is 0 Å². The molecule has 1 heterocycles. The zero-order valence-electron chi connectivity index (χ0n) is 14.7. The lowest BCUT2D eigenvalue weighted by Crippen LogP contribution is -2.03. The molecule has 132 valence electrons. The van der Waals surface area contributed by atoms with Crippen LogP contribution in [0.25, 0.3) is 23.0 Å². The average Bonchev–Trinajstić information content (AvgIpc) is 3.18. The van der Waals surface area contributed by atoms with Crippen molar-refractivity contribution in [3.05, 3.63) is 89.3 Å². The summed E-state index contributed by atoms with van der Waals surface area (Å²) < 4.78 is 1.71. The van der Waals surface area contributed by atoms with Gasteiger partial charge in [0.1, 0.15) is 18.2 Å². The van der Waals surface area contributed by atoms with Crippen molar-refractivity contribution in [2.75, 3.05) is 0 Å². The molecule has 3 rings (SSSR count). The molecule has 2 N–H and O–H groups in total. The fourth-order valence-corrected chi connectivity index (χ4v) is 2.63. The van der Waals surface area contributed by atoms with Crippen molar-refractivity contribution in [2.45, 2.75) is 0 Å². The van der Waals surface area contributed by atoms with Gasteiger partial charge in [0.25, 0.3) is 0 Å². The molecule has 0 atom stereocenters. The van der Waals surface area contributed by atoms with Crippen molar-refractivity contribution in [1.82, 2.24) is 9.78 Å². The van der Waals surface area contributed by atoms with Gasteiger partial charge >= 0.3 is 0 Å². The molecule has 6 nitrogen and oxygen atoms in total. The van der Waals surface area contributed by atoms with E-state index in [0.29, 0.717) is 11.3 Å². The molecule has 0 spiro atoms. The third-order valence-corrected chi connectivity index (χ3v) is 4.01. The van der Waals surface area contributed by atoms with Gasteiger partial charge in [-0.1, -0.05) is 48.5 Å². The maximum Gasteiger partial charge on any atom is 0.153 e. The first-order valence-corrected chi connectivity index (χ1v) is 8.30. The molecule has 0 radical (unpaired) electrons. The van der Waals surface area contributed by atoms with E-state index in [9.17, 15) is 5.26 Å². The molecule has 0 aliphatic heterocycles. The van der Waals surface area contributed by atoms with Crippen LogP contribution in [0.2, 0.25) is 0 Å². The standard InChI is InChI=1S/C22H14N6/c23-12-17(21(26)19(13-24)14-25)11-18-15-28(20-9-5-2-6-10-20)27-22(18)16-7-3-1-4-8-16/h1-11,15H,26H2. The Labute approximate surface area is 162 Å². The Hall–Kier alpha value is -4.60. The molecule has 0 unspecified atom stereocenters. The van der Waals surface area contributed by atoms with Gasteiger partial charge in [-0.3, -0.25) is 0 Å². The average molecular weight is 362 g/mol. The van der Waals surface area contributed by atoms with Crippen LogP contribution in [0.15, 0.2) is 83.7 Å². The summed E-state index contributed by atoms with van der Waals surface area (Å²) in [7, 11) is 0. The summed E-state index contributed by atoms with van der Waals surface area (Å²) in [6.07, 6.45) is 3.32. The van der Waals surface area contributed by atoms with E-state index in [-0.39, 0.29) is 16.8 Å². The SMILES string of the molecule is N#CC(=Cc1cn(-c2ccccc2)nc1-c1ccccc1)C(N)=C(C#N)C#N. The van der Waals surface area contributed by atoms with E-state index in [0.717, 1.165) is 11.3 Å². The van der Waals surface area contributed by atoms with Gasteiger partial charge < -0.3 is 5.73 Å². The van der Waals surface area contributed by atoms with Crippen molar-refractivity contribution in [2.24, 2.45) is 5.73 Å². The quantitative estimate of drug-likeness (QED) is 0.561. The number of hydrogen-bond acceptors (Lipinski definition) is 5. The van der Waals surface area contributed by atoms with Crippen LogP contribution in [0.5, 0.6) is 0 Å². The monoisotopic (exact) mass is 362 g/mol. The highest BCUT2D eigenvalue weighted by atomic mass is 15.3. The van der Waals surface area contributed by atoms with Gasteiger partial charge in [0.05, 0.1) is 22.7 Å². The number of benzene rings is 2. The Morgan fingerprint density at radius 1 is 0.893 bits per heavy atom. The summed E-state index contributed by atoms with van der Waals surface area (Å²) in [5.41, 5.74) is 8.46. The lowest BCUT2D eigenvalue weighted by Gasteiger charge is -2.01. The highest BCUT2D eigenvalue weighted by Crippen LogP contribution is 2.26. The topological polar surface area (TPSA) is 115 Å². The molecule has 0 aliphatic rings. The number of nitrogens with zero attached hydrogens (tertiary/aromatic N) is 5. The smallest absolute Gasteiger partial charge is 0.153 e. The fourth-order valence-electron chi connectivity index (χ4n) is 2.63. The number of hydrogen-bond donors (Lipinski definition) is 1. The van der Waals surface area contributed by atoms with E-state index < -0.39 is 0 Å². The molecule has 0 fully saturated rings. The molecule has 3 aromatic rings. The highest BCUT2D eigenvalue weighted by molar-refractivity contribution is 5.76. The van der Waals surface area contributed by atoms with E-state index in [1.807, 2.05) is 66.7 Å². The van der Waals surface area contributed by atoms with Gasteiger partial charge in [0.15, 0.2) is 5.57 Å². The maximum atomic E-state index is 9.50. The van der Waals surface area contributed by atoms with Gasteiger partial charge in [0.2, 0.25) is 0 Å². The van der Waals surface area contributed by atoms with Crippen LogP contribution >= 0.6 is 0 Å². The second-order valence-electron chi connectivity index (χ2n) is 5.76. The number of rotatable bonds is 4. The molecule has 2 aromatic carbocycles. The number of nitrogens with two attached hydrogens (primary N) is 1. The third-order valence-electron chi connectivity index (χ3n) is 4.01. The molecule has 1 aromatic heterocycles. The zero-order valence-corrected chi connectivity index (χ0v) is 14.7. The Kier molecular flexibility index (Phi) is 5.32. The summed E-state index contributed by atoms with van der Waals surface area (Å²) in [6.45, 7) is 0. The first kappa shape index (κ1) is 18.2.